The molecule has 1 saturated heterocycles. The molecule has 0 bridgehead atoms. The van der Waals surface area contributed by atoms with Crippen molar-refractivity contribution < 1.29 is 4.74 Å². The molecule has 0 aromatic rings. The third-order valence-corrected chi connectivity index (χ3v) is 3.08. The molecule has 0 radical (unpaired) electrons. The van der Waals surface area contributed by atoms with Crippen molar-refractivity contribution in [2.45, 2.75) is 25.7 Å². The molecule has 0 unspecified atom stereocenters. The van der Waals surface area contributed by atoms with Crippen molar-refractivity contribution in [3.8, 4) is 0 Å². The summed E-state index contributed by atoms with van der Waals surface area (Å²) < 4.78 is 5.34. The third kappa shape index (κ3) is 3.70. The van der Waals surface area contributed by atoms with E-state index < -0.39 is 0 Å². The molecule has 2 heterocycles. The Morgan fingerprint density at radius 1 is 1.40 bits per heavy atom. The highest BCUT2D eigenvalue weighted by Gasteiger charge is 2.13. The zero-order valence-electron chi connectivity index (χ0n) is 9.30. The molecule has 0 spiro atoms. The molecular formula is C11H21N3O. The van der Waals surface area contributed by atoms with Gasteiger partial charge in [0.15, 0.2) is 5.96 Å². The van der Waals surface area contributed by atoms with Crippen molar-refractivity contribution in [1.82, 2.24) is 10.6 Å². The molecule has 2 aliphatic rings. The van der Waals surface area contributed by atoms with Crippen LogP contribution in [0.3, 0.4) is 0 Å². The predicted octanol–water partition coefficient (Wildman–Crippen LogP) is 0.742. The van der Waals surface area contributed by atoms with Gasteiger partial charge in [0.2, 0.25) is 0 Å². The molecule has 4 heteroatoms. The van der Waals surface area contributed by atoms with E-state index in [1.165, 1.54) is 19.3 Å². The van der Waals surface area contributed by atoms with Gasteiger partial charge in [-0.3, -0.25) is 4.99 Å². The molecule has 86 valence electrons. The predicted molar refractivity (Wildman–Crippen MR) is 61.1 cm³/mol. The lowest BCUT2D eigenvalue weighted by Crippen LogP contribution is -2.41. The van der Waals surface area contributed by atoms with E-state index in [1.54, 1.807) is 0 Å². The average Bonchev–Trinajstić information content (AvgIpc) is 2.32. The summed E-state index contributed by atoms with van der Waals surface area (Å²) in [4.78, 5) is 4.38. The Morgan fingerprint density at radius 3 is 3.00 bits per heavy atom. The Bertz CT molecular complexity index is 212. The van der Waals surface area contributed by atoms with E-state index in [2.05, 4.69) is 15.6 Å². The van der Waals surface area contributed by atoms with Crippen LogP contribution in [0.2, 0.25) is 0 Å². The minimum Gasteiger partial charge on any atom is -0.381 e. The van der Waals surface area contributed by atoms with Crippen LogP contribution in [0.1, 0.15) is 25.7 Å². The number of hydrogen-bond acceptors (Lipinski definition) is 4. The van der Waals surface area contributed by atoms with Gasteiger partial charge < -0.3 is 15.4 Å². The standard InChI is InChI=1S/C11H21N3O/c1-5-12-11(13-6-1)14-7-2-10-3-8-15-9-4-10/h10H,1-9H2,(H2,12,13,14). The Hall–Kier alpha value is -0.770. The molecule has 0 aromatic carbocycles. The molecule has 2 rings (SSSR count). The second kappa shape index (κ2) is 5.95. The fraction of sp³-hybridized carbons (Fsp3) is 0.909. The topological polar surface area (TPSA) is 45.7 Å². The van der Waals surface area contributed by atoms with Crippen LogP contribution < -0.4 is 10.6 Å². The van der Waals surface area contributed by atoms with Crippen LogP contribution in [0.4, 0.5) is 0 Å². The maximum Gasteiger partial charge on any atom is 0.191 e. The first-order chi connectivity index (χ1) is 7.45. The Balaban J connectivity index is 1.59. The highest BCUT2D eigenvalue weighted by Crippen LogP contribution is 2.17. The first-order valence-electron chi connectivity index (χ1n) is 6.05. The number of nitrogens with one attached hydrogen (secondary N) is 2. The van der Waals surface area contributed by atoms with Gasteiger partial charge in [-0.25, -0.2) is 0 Å². The smallest absolute Gasteiger partial charge is 0.191 e. The molecule has 0 amide bonds. The minimum atomic E-state index is 0.843. The second-order valence-corrected chi connectivity index (χ2v) is 4.28. The number of aliphatic imine (C=N–C) groups is 1. The summed E-state index contributed by atoms with van der Waals surface area (Å²) >= 11 is 0. The third-order valence-electron chi connectivity index (χ3n) is 3.08. The largest absolute Gasteiger partial charge is 0.381 e. The zero-order valence-corrected chi connectivity index (χ0v) is 9.30. The summed E-state index contributed by atoms with van der Waals surface area (Å²) in [5.41, 5.74) is 0. The summed E-state index contributed by atoms with van der Waals surface area (Å²) in [6, 6.07) is 0. The summed E-state index contributed by atoms with van der Waals surface area (Å²) in [5.74, 6) is 1.84. The van der Waals surface area contributed by atoms with Gasteiger partial charge in [0, 0.05) is 32.8 Å². The summed E-state index contributed by atoms with van der Waals surface area (Å²) in [7, 11) is 0. The summed E-state index contributed by atoms with van der Waals surface area (Å²) in [6.45, 7) is 4.96. The molecule has 1 fully saturated rings. The quantitative estimate of drug-likeness (QED) is 0.724. The molecule has 2 aliphatic heterocycles. The normalized spacial score (nSPS) is 23.1. The summed E-state index contributed by atoms with van der Waals surface area (Å²) in [5, 5.41) is 6.64. The fourth-order valence-electron chi connectivity index (χ4n) is 2.08. The molecule has 0 atom stereocenters. The lowest BCUT2D eigenvalue weighted by Gasteiger charge is -2.23. The maximum atomic E-state index is 5.34. The first kappa shape index (κ1) is 10.7. The van der Waals surface area contributed by atoms with Crippen LogP contribution in [0.5, 0.6) is 0 Å². The van der Waals surface area contributed by atoms with Crippen LogP contribution in [-0.2, 0) is 4.74 Å². The van der Waals surface area contributed by atoms with Crippen molar-refractivity contribution in [3.05, 3.63) is 0 Å². The number of ether oxygens (including phenoxy) is 1. The monoisotopic (exact) mass is 211 g/mol. The lowest BCUT2D eigenvalue weighted by atomic mass is 9.97. The Morgan fingerprint density at radius 2 is 2.27 bits per heavy atom. The van der Waals surface area contributed by atoms with Crippen LogP contribution in [-0.4, -0.2) is 38.8 Å². The molecule has 4 nitrogen and oxygen atoms in total. The molecule has 2 N–H and O–H groups in total. The van der Waals surface area contributed by atoms with Crippen LogP contribution in [0.15, 0.2) is 4.99 Å². The van der Waals surface area contributed by atoms with Crippen molar-refractivity contribution >= 4 is 5.96 Å². The highest BCUT2D eigenvalue weighted by atomic mass is 16.5. The van der Waals surface area contributed by atoms with Crippen molar-refractivity contribution in [1.29, 1.82) is 0 Å². The van der Waals surface area contributed by atoms with Crippen molar-refractivity contribution in [3.63, 3.8) is 0 Å². The van der Waals surface area contributed by atoms with E-state index in [-0.39, 0.29) is 0 Å². The Kier molecular flexibility index (Phi) is 4.26. The van der Waals surface area contributed by atoms with Crippen LogP contribution in [0, 0.1) is 5.92 Å². The summed E-state index contributed by atoms with van der Waals surface area (Å²) in [6.07, 6.45) is 4.85. The van der Waals surface area contributed by atoms with E-state index in [0.717, 1.165) is 51.1 Å². The lowest BCUT2D eigenvalue weighted by molar-refractivity contribution is 0.0643. The molecule has 0 saturated carbocycles. The van der Waals surface area contributed by atoms with E-state index >= 15 is 0 Å². The van der Waals surface area contributed by atoms with Gasteiger partial charge in [0.1, 0.15) is 0 Å². The van der Waals surface area contributed by atoms with E-state index in [1.807, 2.05) is 0 Å². The van der Waals surface area contributed by atoms with Gasteiger partial charge in [-0.2, -0.15) is 0 Å². The van der Waals surface area contributed by atoms with Crippen LogP contribution in [0.25, 0.3) is 0 Å². The van der Waals surface area contributed by atoms with Crippen LogP contribution >= 0.6 is 0 Å². The van der Waals surface area contributed by atoms with E-state index in [0.29, 0.717) is 0 Å². The molecule has 0 aromatic heterocycles. The van der Waals surface area contributed by atoms with Gasteiger partial charge in [-0.15, -0.1) is 0 Å². The second-order valence-electron chi connectivity index (χ2n) is 4.28. The fourth-order valence-corrected chi connectivity index (χ4v) is 2.08. The number of rotatable bonds is 3. The van der Waals surface area contributed by atoms with Gasteiger partial charge in [-0.1, -0.05) is 0 Å². The minimum absolute atomic E-state index is 0.843. The van der Waals surface area contributed by atoms with Gasteiger partial charge >= 0.3 is 0 Å². The van der Waals surface area contributed by atoms with Crippen molar-refractivity contribution in [2.75, 3.05) is 32.8 Å². The zero-order chi connectivity index (χ0) is 10.3. The average molecular weight is 211 g/mol. The van der Waals surface area contributed by atoms with Gasteiger partial charge in [0.05, 0.1) is 0 Å². The molecule has 0 aliphatic carbocycles. The Labute approximate surface area is 91.5 Å². The van der Waals surface area contributed by atoms with Gasteiger partial charge in [-0.05, 0) is 31.6 Å². The highest BCUT2D eigenvalue weighted by molar-refractivity contribution is 5.80. The number of nitrogens with zero attached hydrogens (tertiary/aromatic N) is 1. The maximum absolute atomic E-state index is 5.34. The number of guanidine groups is 1. The molecular weight excluding hydrogens is 190 g/mol. The molecule has 15 heavy (non-hydrogen) atoms. The van der Waals surface area contributed by atoms with Crippen molar-refractivity contribution in [2.24, 2.45) is 10.9 Å². The number of hydrogen-bond donors (Lipinski definition) is 2. The first-order valence-corrected chi connectivity index (χ1v) is 6.05. The SMILES string of the molecule is C1CN=C(NCCC2CCOCC2)NC1. The van der Waals surface area contributed by atoms with Gasteiger partial charge in [0.25, 0.3) is 0 Å². The van der Waals surface area contributed by atoms with E-state index in [4.69, 9.17) is 4.74 Å². The van der Waals surface area contributed by atoms with E-state index in [9.17, 15) is 0 Å².